The van der Waals surface area contributed by atoms with Gasteiger partial charge >= 0.3 is 0 Å². The Balaban J connectivity index is 1.62. The van der Waals surface area contributed by atoms with Crippen molar-refractivity contribution in [1.82, 2.24) is 30.1 Å². The van der Waals surface area contributed by atoms with Gasteiger partial charge in [-0.1, -0.05) is 24.4 Å². The van der Waals surface area contributed by atoms with Crippen LogP contribution in [0.5, 0.6) is 0 Å². The number of aryl methyl sites for hydroxylation is 1. The molecule has 1 N–H and O–H groups in total. The van der Waals surface area contributed by atoms with E-state index < -0.39 is 0 Å². The maximum atomic E-state index is 5.63. The Morgan fingerprint density at radius 1 is 1.21 bits per heavy atom. The lowest BCUT2D eigenvalue weighted by Crippen LogP contribution is -2.44. The Labute approximate surface area is 142 Å². The van der Waals surface area contributed by atoms with Gasteiger partial charge in [-0.25, -0.2) is 0 Å². The van der Waals surface area contributed by atoms with Gasteiger partial charge in [0.15, 0.2) is 5.82 Å². The zero-order valence-electron chi connectivity index (χ0n) is 14.5. The molecular formula is C17H26N6O. The highest BCUT2D eigenvalue weighted by Gasteiger charge is 2.28. The molecule has 1 aliphatic carbocycles. The SMILES string of the molecule is CN1CCNCC1c1noc(-c2cn(C)nc2C2CCCCC2)n1. The van der Waals surface area contributed by atoms with Crippen molar-refractivity contribution in [1.29, 1.82) is 0 Å². The third-order valence-corrected chi connectivity index (χ3v) is 5.33. The summed E-state index contributed by atoms with van der Waals surface area (Å²) in [4.78, 5) is 6.98. The molecule has 1 saturated carbocycles. The van der Waals surface area contributed by atoms with Crippen molar-refractivity contribution < 1.29 is 4.52 Å². The van der Waals surface area contributed by atoms with E-state index in [1.807, 2.05) is 17.9 Å². The first kappa shape index (κ1) is 15.8. The van der Waals surface area contributed by atoms with Crippen LogP contribution in [0.2, 0.25) is 0 Å². The predicted octanol–water partition coefficient (Wildman–Crippen LogP) is 2.09. The van der Waals surface area contributed by atoms with E-state index in [1.165, 1.54) is 32.1 Å². The quantitative estimate of drug-likeness (QED) is 0.929. The van der Waals surface area contributed by atoms with E-state index in [1.54, 1.807) is 0 Å². The predicted molar refractivity (Wildman–Crippen MR) is 90.6 cm³/mol. The summed E-state index contributed by atoms with van der Waals surface area (Å²) in [6.07, 6.45) is 8.34. The van der Waals surface area contributed by atoms with E-state index >= 15 is 0 Å². The molecule has 1 unspecified atom stereocenters. The third-order valence-electron chi connectivity index (χ3n) is 5.33. The first-order valence-corrected chi connectivity index (χ1v) is 9.01. The van der Waals surface area contributed by atoms with Crippen LogP contribution in [0.4, 0.5) is 0 Å². The van der Waals surface area contributed by atoms with Crippen LogP contribution >= 0.6 is 0 Å². The van der Waals surface area contributed by atoms with E-state index in [4.69, 9.17) is 14.6 Å². The van der Waals surface area contributed by atoms with Crippen molar-refractivity contribution >= 4 is 0 Å². The molecule has 24 heavy (non-hydrogen) atoms. The molecule has 0 spiro atoms. The molecule has 7 nitrogen and oxygen atoms in total. The third kappa shape index (κ3) is 2.98. The summed E-state index contributed by atoms with van der Waals surface area (Å²) in [7, 11) is 4.07. The molecular weight excluding hydrogens is 304 g/mol. The molecule has 7 heteroatoms. The van der Waals surface area contributed by atoms with E-state index in [9.17, 15) is 0 Å². The number of hydrogen-bond acceptors (Lipinski definition) is 6. The van der Waals surface area contributed by atoms with Gasteiger partial charge in [-0.15, -0.1) is 0 Å². The van der Waals surface area contributed by atoms with Crippen molar-refractivity contribution in [2.75, 3.05) is 26.7 Å². The molecule has 1 aliphatic heterocycles. The lowest BCUT2D eigenvalue weighted by molar-refractivity contribution is 0.190. The topological polar surface area (TPSA) is 72.0 Å². The first-order valence-electron chi connectivity index (χ1n) is 9.01. The minimum Gasteiger partial charge on any atom is -0.334 e. The highest BCUT2D eigenvalue weighted by Crippen LogP contribution is 2.37. The van der Waals surface area contributed by atoms with Crippen molar-refractivity contribution in [2.24, 2.45) is 7.05 Å². The minimum atomic E-state index is 0.172. The molecule has 2 aliphatic rings. The average Bonchev–Trinajstić information content (AvgIpc) is 3.23. The summed E-state index contributed by atoms with van der Waals surface area (Å²) in [6, 6.07) is 0.172. The highest BCUT2D eigenvalue weighted by atomic mass is 16.5. The standard InChI is InChI=1S/C17H26N6O/c1-22-9-8-18-10-14(22)16-19-17(24-21-16)13-11-23(2)20-15(13)12-6-4-3-5-7-12/h11-12,14,18H,3-10H2,1-2H3. The fourth-order valence-electron chi connectivity index (χ4n) is 3.92. The first-order chi connectivity index (χ1) is 11.7. The smallest absolute Gasteiger partial charge is 0.261 e. The zero-order valence-corrected chi connectivity index (χ0v) is 14.5. The second kappa shape index (κ2) is 6.64. The van der Waals surface area contributed by atoms with Crippen LogP contribution in [0.15, 0.2) is 10.7 Å². The number of piperazine rings is 1. The maximum Gasteiger partial charge on any atom is 0.261 e. The van der Waals surface area contributed by atoms with Crippen LogP contribution in [0.25, 0.3) is 11.5 Å². The molecule has 2 aromatic rings. The van der Waals surface area contributed by atoms with Crippen molar-refractivity contribution in [2.45, 2.75) is 44.1 Å². The van der Waals surface area contributed by atoms with E-state index in [-0.39, 0.29) is 6.04 Å². The second-order valence-electron chi connectivity index (χ2n) is 7.09. The zero-order chi connectivity index (χ0) is 16.5. The number of aromatic nitrogens is 4. The van der Waals surface area contributed by atoms with Gasteiger partial charge in [0.05, 0.1) is 17.3 Å². The Kier molecular flexibility index (Phi) is 4.37. The van der Waals surface area contributed by atoms with Gasteiger partial charge in [0.1, 0.15) is 0 Å². The summed E-state index contributed by atoms with van der Waals surface area (Å²) >= 11 is 0. The number of nitrogens with zero attached hydrogens (tertiary/aromatic N) is 5. The van der Waals surface area contributed by atoms with Gasteiger partial charge in [0.2, 0.25) is 0 Å². The molecule has 1 saturated heterocycles. The lowest BCUT2D eigenvalue weighted by Gasteiger charge is -2.30. The monoisotopic (exact) mass is 330 g/mol. The molecule has 0 radical (unpaired) electrons. The fraction of sp³-hybridized carbons (Fsp3) is 0.706. The van der Waals surface area contributed by atoms with Crippen molar-refractivity contribution in [3.8, 4) is 11.5 Å². The maximum absolute atomic E-state index is 5.63. The average molecular weight is 330 g/mol. The van der Waals surface area contributed by atoms with Gasteiger partial charge in [-0.2, -0.15) is 10.1 Å². The number of rotatable bonds is 3. The van der Waals surface area contributed by atoms with Crippen LogP contribution in [0, 0.1) is 0 Å². The van der Waals surface area contributed by atoms with Gasteiger partial charge < -0.3 is 9.84 Å². The number of likely N-dealkylation sites (N-methyl/N-ethyl adjacent to an activating group) is 1. The Morgan fingerprint density at radius 2 is 2.04 bits per heavy atom. The van der Waals surface area contributed by atoms with E-state index in [2.05, 4.69) is 22.4 Å². The molecule has 3 heterocycles. The largest absolute Gasteiger partial charge is 0.334 e. The lowest BCUT2D eigenvalue weighted by atomic mass is 9.85. The van der Waals surface area contributed by atoms with Crippen LogP contribution in [0.3, 0.4) is 0 Å². The van der Waals surface area contributed by atoms with Crippen LogP contribution in [0.1, 0.15) is 55.6 Å². The normalized spacial score (nSPS) is 23.7. The Bertz CT molecular complexity index is 687. The Morgan fingerprint density at radius 3 is 2.83 bits per heavy atom. The molecule has 1 atom stereocenters. The summed E-state index contributed by atoms with van der Waals surface area (Å²) in [5, 5.41) is 12.4. The summed E-state index contributed by atoms with van der Waals surface area (Å²) in [5.74, 6) is 1.89. The van der Waals surface area contributed by atoms with Crippen LogP contribution in [-0.2, 0) is 7.05 Å². The van der Waals surface area contributed by atoms with Gasteiger partial charge in [-0.3, -0.25) is 9.58 Å². The van der Waals surface area contributed by atoms with E-state index in [0.29, 0.717) is 11.8 Å². The van der Waals surface area contributed by atoms with Gasteiger partial charge in [-0.05, 0) is 19.9 Å². The second-order valence-corrected chi connectivity index (χ2v) is 7.09. The molecule has 4 rings (SSSR count). The Hall–Kier alpha value is -1.73. The van der Waals surface area contributed by atoms with Crippen LogP contribution < -0.4 is 5.32 Å². The van der Waals surface area contributed by atoms with E-state index in [0.717, 1.165) is 36.7 Å². The molecule has 0 aromatic carbocycles. The molecule has 2 aromatic heterocycles. The number of hydrogen-bond donors (Lipinski definition) is 1. The summed E-state index contributed by atoms with van der Waals surface area (Å²) < 4.78 is 7.50. The molecule has 130 valence electrons. The van der Waals surface area contributed by atoms with Crippen LogP contribution in [-0.4, -0.2) is 51.5 Å². The highest BCUT2D eigenvalue weighted by molar-refractivity contribution is 5.56. The fourth-order valence-corrected chi connectivity index (χ4v) is 3.92. The summed E-state index contributed by atoms with van der Waals surface area (Å²) in [5.41, 5.74) is 2.14. The van der Waals surface area contributed by atoms with Crippen molar-refractivity contribution in [3.05, 3.63) is 17.7 Å². The molecule has 2 fully saturated rings. The summed E-state index contributed by atoms with van der Waals surface area (Å²) in [6.45, 7) is 2.86. The molecule has 0 bridgehead atoms. The minimum absolute atomic E-state index is 0.172. The molecule has 0 amide bonds. The van der Waals surface area contributed by atoms with Crippen molar-refractivity contribution in [3.63, 3.8) is 0 Å². The van der Waals surface area contributed by atoms with Gasteiger partial charge in [0, 0.05) is 38.8 Å². The van der Waals surface area contributed by atoms with Gasteiger partial charge in [0.25, 0.3) is 5.89 Å². The number of nitrogens with one attached hydrogen (secondary N) is 1.